The molecular weight excluding hydrogens is 132 g/mol. The van der Waals surface area contributed by atoms with Crippen LogP contribution < -0.4 is 0 Å². The highest BCUT2D eigenvalue weighted by Gasteiger charge is 2.05. The first-order valence-electron chi connectivity index (χ1n) is 3.11. The Balaban J connectivity index is 3.51. The molecule has 58 valence electrons. The van der Waals surface area contributed by atoms with Gasteiger partial charge in [-0.1, -0.05) is 6.58 Å². The molecule has 0 aliphatic carbocycles. The second-order valence-corrected chi connectivity index (χ2v) is 1.88. The molecule has 0 fully saturated rings. The van der Waals surface area contributed by atoms with Crippen molar-refractivity contribution >= 4 is 6.29 Å². The summed E-state index contributed by atoms with van der Waals surface area (Å²) >= 11 is 0. The summed E-state index contributed by atoms with van der Waals surface area (Å²) in [6, 6.07) is 0. The standard InChI is InChI=1S/C7H12O3/c1-3-10-5-6(2)7(9)4-8/h4,7,9H,2-3,5H2,1H3. The zero-order valence-electron chi connectivity index (χ0n) is 6.04. The lowest BCUT2D eigenvalue weighted by Crippen LogP contribution is -2.15. The number of carbonyl (C=O) groups is 1. The van der Waals surface area contributed by atoms with Gasteiger partial charge >= 0.3 is 0 Å². The van der Waals surface area contributed by atoms with Gasteiger partial charge in [-0.25, -0.2) is 0 Å². The number of aliphatic hydroxyl groups is 1. The van der Waals surface area contributed by atoms with Gasteiger partial charge in [0.05, 0.1) is 6.61 Å². The molecule has 0 aromatic heterocycles. The maximum Gasteiger partial charge on any atom is 0.152 e. The summed E-state index contributed by atoms with van der Waals surface area (Å²) in [5.41, 5.74) is 0.400. The van der Waals surface area contributed by atoms with Gasteiger partial charge < -0.3 is 14.6 Å². The Morgan fingerprint density at radius 3 is 2.90 bits per heavy atom. The molecule has 0 aliphatic rings. The molecule has 3 heteroatoms. The van der Waals surface area contributed by atoms with E-state index in [0.717, 1.165) is 0 Å². The molecule has 1 N–H and O–H groups in total. The fourth-order valence-electron chi connectivity index (χ4n) is 0.415. The van der Waals surface area contributed by atoms with E-state index in [1.807, 2.05) is 6.92 Å². The van der Waals surface area contributed by atoms with Crippen LogP contribution in [0.25, 0.3) is 0 Å². The van der Waals surface area contributed by atoms with Crippen molar-refractivity contribution in [3.05, 3.63) is 12.2 Å². The van der Waals surface area contributed by atoms with Crippen LogP contribution in [0.15, 0.2) is 12.2 Å². The first-order chi connectivity index (χ1) is 4.72. The fraction of sp³-hybridized carbons (Fsp3) is 0.571. The van der Waals surface area contributed by atoms with Crippen molar-refractivity contribution < 1.29 is 14.6 Å². The van der Waals surface area contributed by atoms with Crippen LogP contribution in [0.4, 0.5) is 0 Å². The lowest BCUT2D eigenvalue weighted by atomic mass is 10.2. The lowest BCUT2D eigenvalue weighted by molar-refractivity contribution is -0.113. The number of aliphatic hydroxyl groups excluding tert-OH is 1. The van der Waals surface area contributed by atoms with Crippen molar-refractivity contribution in [1.82, 2.24) is 0 Å². The molecule has 0 radical (unpaired) electrons. The van der Waals surface area contributed by atoms with Gasteiger partial charge in [0.25, 0.3) is 0 Å². The molecule has 0 aromatic rings. The molecule has 0 aliphatic heterocycles. The topological polar surface area (TPSA) is 46.5 Å². The fourth-order valence-corrected chi connectivity index (χ4v) is 0.415. The van der Waals surface area contributed by atoms with Gasteiger partial charge in [0.15, 0.2) is 6.29 Å². The van der Waals surface area contributed by atoms with Gasteiger partial charge in [-0.05, 0) is 12.5 Å². The summed E-state index contributed by atoms with van der Waals surface area (Å²) in [6.07, 6.45) is -0.645. The molecule has 0 heterocycles. The van der Waals surface area contributed by atoms with E-state index >= 15 is 0 Å². The zero-order chi connectivity index (χ0) is 7.98. The number of aldehydes is 1. The average Bonchev–Trinajstić information content (AvgIpc) is 1.98. The van der Waals surface area contributed by atoms with Crippen LogP contribution in [0.1, 0.15) is 6.92 Å². The molecule has 0 aromatic carbocycles. The van der Waals surface area contributed by atoms with Crippen LogP contribution in [0.2, 0.25) is 0 Å². The first kappa shape index (κ1) is 9.33. The first-order valence-corrected chi connectivity index (χ1v) is 3.11. The van der Waals surface area contributed by atoms with Crippen LogP contribution in [0, 0.1) is 0 Å². The number of rotatable bonds is 5. The van der Waals surface area contributed by atoms with Crippen LogP contribution in [-0.4, -0.2) is 30.7 Å². The van der Waals surface area contributed by atoms with E-state index in [0.29, 0.717) is 18.5 Å². The number of hydrogen-bond donors (Lipinski definition) is 1. The van der Waals surface area contributed by atoms with Crippen LogP contribution >= 0.6 is 0 Å². The van der Waals surface area contributed by atoms with E-state index in [1.54, 1.807) is 0 Å². The van der Waals surface area contributed by atoms with Crippen molar-refractivity contribution in [2.75, 3.05) is 13.2 Å². The summed E-state index contributed by atoms with van der Waals surface area (Å²) in [4.78, 5) is 9.94. The van der Waals surface area contributed by atoms with E-state index in [2.05, 4.69) is 6.58 Å². The molecule has 0 rings (SSSR count). The molecule has 10 heavy (non-hydrogen) atoms. The number of ether oxygens (including phenoxy) is 1. The largest absolute Gasteiger partial charge is 0.381 e. The summed E-state index contributed by atoms with van der Waals surface area (Å²) in [5, 5.41) is 8.81. The second-order valence-electron chi connectivity index (χ2n) is 1.88. The van der Waals surface area contributed by atoms with Crippen molar-refractivity contribution in [3.8, 4) is 0 Å². The highest BCUT2D eigenvalue weighted by molar-refractivity contribution is 5.60. The minimum atomic E-state index is -1.08. The van der Waals surface area contributed by atoms with Gasteiger partial charge in [-0.2, -0.15) is 0 Å². The molecular formula is C7H12O3. The molecule has 3 nitrogen and oxygen atoms in total. The Hall–Kier alpha value is -0.670. The summed E-state index contributed by atoms with van der Waals surface area (Å²) < 4.78 is 4.90. The summed E-state index contributed by atoms with van der Waals surface area (Å²) in [7, 11) is 0. The minimum absolute atomic E-state index is 0.246. The Morgan fingerprint density at radius 1 is 1.90 bits per heavy atom. The predicted octanol–water partition coefficient (Wildman–Crippen LogP) is 0.139. The Bertz CT molecular complexity index is 120. The van der Waals surface area contributed by atoms with Crippen LogP contribution in [0.5, 0.6) is 0 Å². The average molecular weight is 144 g/mol. The maximum absolute atomic E-state index is 9.94. The maximum atomic E-state index is 9.94. The normalized spacial score (nSPS) is 12.6. The molecule has 0 saturated carbocycles. The Labute approximate surface area is 60.3 Å². The Morgan fingerprint density at radius 2 is 2.50 bits per heavy atom. The van der Waals surface area contributed by atoms with Gasteiger partial charge in [0.1, 0.15) is 6.10 Å². The summed E-state index contributed by atoms with van der Waals surface area (Å²) in [5.74, 6) is 0. The van der Waals surface area contributed by atoms with E-state index in [-0.39, 0.29) is 6.61 Å². The van der Waals surface area contributed by atoms with Gasteiger partial charge in [0, 0.05) is 6.61 Å². The van der Waals surface area contributed by atoms with Crippen molar-refractivity contribution in [2.24, 2.45) is 0 Å². The second kappa shape index (κ2) is 5.14. The van der Waals surface area contributed by atoms with Crippen molar-refractivity contribution in [2.45, 2.75) is 13.0 Å². The minimum Gasteiger partial charge on any atom is -0.381 e. The third kappa shape index (κ3) is 3.37. The highest BCUT2D eigenvalue weighted by Crippen LogP contribution is 1.96. The molecule has 1 atom stereocenters. The molecule has 1 unspecified atom stereocenters. The van der Waals surface area contributed by atoms with Gasteiger partial charge in [0.2, 0.25) is 0 Å². The van der Waals surface area contributed by atoms with E-state index < -0.39 is 6.10 Å². The van der Waals surface area contributed by atoms with Gasteiger partial charge in [-0.3, -0.25) is 0 Å². The lowest BCUT2D eigenvalue weighted by Gasteiger charge is -2.05. The quantitative estimate of drug-likeness (QED) is 0.441. The van der Waals surface area contributed by atoms with E-state index in [1.165, 1.54) is 0 Å². The van der Waals surface area contributed by atoms with Crippen molar-refractivity contribution in [3.63, 3.8) is 0 Å². The third-order valence-corrected chi connectivity index (χ3v) is 1.04. The number of hydrogen-bond acceptors (Lipinski definition) is 3. The number of carbonyl (C=O) groups excluding carboxylic acids is 1. The van der Waals surface area contributed by atoms with E-state index in [9.17, 15) is 4.79 Å². The third-order valence-electron chi connectivity index (χ3n) is 1.04. The Kier molecular flexibility index (Phi) is 4.80. The monoisotopic (exact) mass is 144 g/mol. The van der Waals surface area contributed by atoms with Crippen LogP contribution in [0.3, 0.4) is 0 Å². The SMILES string of the molecule is C=C(COCC)C(O)C=O. The molecule has 0 saturated heterocycles. The smallest absolute Gasteiger partial charge is 0.152 e. The predicted molar refractivity (Wildman–Crippen MR) is 37.7 cm³/mol. The molecule has 0 amide bonds. The van der Waals surface area contributed by atoms with Crippen LogP contribution in [-0.2, 0) is 9.53 Å². The molecule has 0 bridgehead atoms. The van der Waals surface area contributed by atoms with Crippen molar-refractivity contribution in [1.29, 1.82) is 0 Å². The molecule has 0 spiro atoms. The summed E-state index contributed by atoms with van der Waals surface area (Å²) in [6.45, 7) is 6.10. The zero-order valence-corrected chi connectivity index (χ0v) is 6.04. The van der Waals surface area contributed by atoms with Gasteiger partial charge in [-0.15, -0.1) is 0 Å². The highest BCUT2D eigenvalue weighted by atomic mass is 16.5. The van der Waals surface area contributed by atoms with E-state index in [4.69, 9.17) is 9.84 Å².